The number of halogens is 3. The highest BCUT2D eigenvalue weighted by Crippen LogP contribution is 2.34. The molecule has 1 aromatic heterocycles. The Kier molecular flexibility index (Phi) is 5.21. The van der Waals surface area contributed by atoms with Crippen molar-refractivity contribution in [3.63, 3.8) is 0 Å². The molecule has 0 bridgehead atoms. The third-order valence-electron chi connectivity index (χ3n) is 5.73. The highest BCUT2D eigenvalue weighted by Gasteiger charge is 2.34. The summed E-state index contributed by atoms with van der Waals surface area (Å²) in [5.74, 6) is 2.35. The fraction of sp³-hybridized carbons (Fsp3) is 0.600. The zero-order chi connectivity index (χ0) is 18.9. The molecular weight excluding hydrogens is 353 g/mol. The molecule has 1 unspecified atom stereocenters. The van der Waals surface area contributed by atoms with E-state index >= 15 is 0 Å². The van der Waals surface area contributed by atoms with Gasteiger partial charge in [0.05, 0.1) is 5.56 Å². The van der Waals surface area contributed by atoms with E-state index in [0.29, 0.717) is 12.1 Å². The summed E-state index contributed by atoms with van der Waals surface area (Å²) in [6, 6.07) is 5.91. The second-order valence-corrected chi connectivity index (χ2v) is 7.67. The van der Waals surface area contributed by atoms with E-state index in [1.54, 1.807) is 12.1 Å². The van der Waals surface area contributed by atoms with Gasteiger partial charge in [0.1, 0.15) is 11.6 Å². The van der Waals surface area contributed by atoms with Crippen LogP contribution in [-0.4, -0.2) is 32.8 Å². The summed E-state index contributed by atoms with van der Waals surface area (Å²) in [5, 5.41) is 8.86. The van der Waals surface area contributed by atoms with Crippen LogP contribution in [0.1, 0.15) is 60.8 Å². The summed E-state index contributed by atoms with van der Waals surface area (Å²) in [7, 11) is 0. The molecule has 27 heavy (non-hydrogen) atoms. The van der Waals surface area contributed by atoms with Gasteiger partial charge in [-0.1, -0.05) is 24.6 Å². The monoisotopic (exact) mass is 378 g/mol. The molecule has 2 aliphatic heterocycles. The highest BCUT2D eigenvalue weighted by atomic mass is 19.4. The van der Waals surface area contributed by atoms with E-state index < -0.39 is 11.7 Å². The van der Waals surface area contributed by atoms with Crippen LogP contribution >= 0.6 is 0 Å². The Bertz CT molecular complexity index is 784. The number of fused-ring (bicyclic) bond motifs is 1. The number of hydrogen-bond acceptors (Lipinski definition) is 3. The normalized spacial score (nSPS) is 21.7. The fourth-order valence-corrected chi connectivity index (χ4v) is 4.40. The largest absolute Gasteiger partial charge is 0.416 e. The van der Waals surface area contributed by atoms with E-state index in [2.05, 4.69) is 19.7 Å². The van der Waals surface area contributed by atoms with Gasteiger partial charge in [-0.15, -0.1) is 10.2 Å². The Labute approximate surface area is 157 Å². The first-order valence-corrected chi connectivity index (χ1v) is 9.82. The standard InChI is InChI=1S/C20H25F3N4/c21-20(22,23)17-9-4-3-7-15(17)13-26-11-6-8-16(14-26)19-25-24-18-10-2-1-5-12-27(18)19/h3-4,7,9,16H,1-2,5-6,8,10-14H2. The lowest BCUT2D eigenvalue weighted by atomic mass is 9.96. The number of rotatable bonds is 3. The Morgan fingerprint density at radius 1 is 1.00 bits per heavy atom. The summed E-state index contributed by atoms with van der Waals surface area (Å²) in [4.78, 5) is 2.14. The number of likely N-dealkylation sites (tertiary alicyclic amines) is 1. The van der Waals surface area contributed by atoms with Crippen LogP contribution < -0.4 is 0 Å². The van der Waals surface area contributed by atoms with E-state index in [-0.39, 0.29) is 5.92 Å². The minimum absolute atomic E-state index is 0.246. The number of piperidine rings is 1. The first-order chi connectivity index (χ1) is 13.0. The molecule has 0 saturated carbocycles. The number of aromatic nitrogens is 3. The van der Waals surface area contributed by atoms with E-state index in [1.807, 2.05) is 0 Å². The van der Waals surface area contributed by atoms with Crippen LogP contribution in [0.25, 0.3) is 0 Å². The highest BCUT2D eigenvalue weighted by molar-refractivity contribution is 5.29. The number of alkyl halides is 3. The van der Waals surface area contributed by atoms with Crippen molar-refractivity contribution in [3.8, 4) is 0 Å². The molecule has 2 aliphatic rings. The van der Waals surface area contributed by atoms with E-state index in [4.69, 9.17) is 0 Å². The lowest BCUT2D eigenvalue weighted by Crippen LogP contribution is -2.35. The molecule has 4 nitrogen and oxygen atoms in total. The van der Waals surface area contributed by atoms with Gasteiger partial charge in [0, 0.05) is 32.0 Å². The summed E-state index contributed by atoms with van der Waals surface area (Å²) < 4.78 is 42.1. The van der Waals surface area contributed by atoms with Crippen molar-refractivity contribution in [2.24, 2.45) is 0 Å². The Morgan fingerprint density at radius 2 is 1.85 bits per heavy atom. The number of hydrogen-bond donors (Lipinski definition) is 0. The second kappa shape index (κ2) is 7.62. The molecule has 0 spiro atoms. The minimum atomic E-state index is -4.31. The lowest BCUT2D eigenvalue weighted by molar-refractivity contribution is -0.138. The van der Waals surface area contributed by atoms with Crippen molar-refractivity contribution in [2.45, 2.75) is 63.7 Å². The molecule has 1 aromatic carbocycles. The van der Waals surface area contributed by atoms with Gasteiger partial charge in [-0.2, -0.15) is 13.2 Å². The molecule has 0 amide bonds. The molecule has 1 saturated heterocycles. The van der Waals surface area contributed by atoms with Gasteiger partial charge in [0.15, 0.2) is 0 Å². The second-order valence-electron chi connectivity index (χ2n) is 7.67. The van der Waals surface area contributed by atoms with Crippen LogP contribution in [0.3, 0.4) is 0 Å². The van der Waals surface area contributed by atoms with Gasteiger partial charge in [0.25, 0.3) is 0 Å². The van der Waals surface area contributed by atoms with Gasteiger partial charge in [0.2, 0.25) is 0 Å². The topological polar surface area (TPSA) is 34.0 Å². The third-order valence-corrected chi connectivity index (χ3v) is 5.73. The fourth-order valence-electron chi connectivity index (χ4n) is 4.40. The molecule has 146 valence electrons. The first-order valence-electron chi connectivity index (χ1n) is 9.82. The molecule has 0 N–H and O–H groups in total. The van der Waals surface area contributed by atoms with Gasteiger partial charge in [-0.3, -0.25) is 4.90 Å². The zero-order valence-corrected chi connectivity index (χ0v) is 15.4. The van der Waals surface area contributed by atoms with Crippen molar-refractivity contribution in [3.05, 3.63) is 47.0 Å². The van der Waals surface area contributed by atoms with Crippen molar-refractivity contribution in [2.75, 3.05) is 13.1 Å². The average Bonchev–Trinajstić information content (AvgIpc) is 2.90. The third kappa shape index (κ3) is 4.03. The van der Waals surface area contributed by atoms with Crippen LogP contribution in [0, 0.1) is 0 Å². The molecule has 0 aliphatic carbocycles. The quantitative estimate of drug-likeness (QED) is 0.794. The molecular formula is C20H25F3N4. The zero-order valence-electron chi connectivity index (χ0n) is 15.4. The molecule has 0 radical (unpaired) electrons. The summed E-state index contributed by atoms with van der Waals surface area (Å²) in [6.07, 6.45) is 2.18. The van der Waals surface area contributed by atoms with Gasteiger partial charge in [-0.25, -0.2) is 0 Å². The molecule has 1 atom stereocenters. The molecule has 3 heterocycles. The van der Waals surface area contributed by atoms with Crippen LogP contribution in [-0.2, 0) is 25.7 Å². The van der Waals surface area contributed by atoms with Crippen LogP contribution in [0.4, 0.5) is 13.2 Å². The van der Waals surface area contributed by atoms with E-state index in [9.17, 15) is 13.2 Å². The lowest BCUT2D eigenvalue weighted by Gasteiger charge is -2.33. The smallest absolute Gasteiger partial charge is 0.315 e. The predicted octanol–water partition coefficient (Wildman–Crippen LogP) is 4.40. The van der Waals surface area contributed by atoms with E-state index in [0.717, 1.165) is 63.4 Å². The average molecular weight is 378 g/mol. The summed E-state index contributed by atoms with van der Waals surface area (Å²) in [5.41, 5.74) is -0.172. The Balaban J connectivity index is 1.51. The van der Waals surface area contributed by atoms with Crippen LogP contribution in [0.2, 0.25) is 0 Å². The first kappa shape index (κ1) is 18.5. The SMILES string of the molecule is FC(F)(F)c1ccccc1CN1CCCC(c2nnc3n2CCCCC3)C1. The van der Waals surface area contributed by atoms with Crippen molar-refractivity contribution in [1.82, 2.24) is 19.7 Å². The van der Waals surface area contributed by atoms with Crippen molar-refractivity contribution in [1.29, 1.82) is 0 Å². The maximum Gasteiger partial charge on any atom is 0.416 e. The van der Waals surface area contributed by atoms with Gasteiger partial charge < -0.3 is 4.57 Å². The number of nitrogens with zero attached hydrogens (tertiary/aromatic N) is 4. The van der Waals surface area contributed by atoms with Crippen LogP contribution in [0.5, 0.6) is 0 Å². The Hall–Kier alpha value is -1.89. The van der Waals surface area contributed by atoms with Gasteiger partial charge >= 0.3 is 6.18 Å². The molecule has 4 rings (SSSR count). The Morgan fingerprint density at radius 3 is 2.70 bits per heavy atom. The van der Waals surface area contributed by atoms with Crippen molar-refractivity contribution < 1.29 is 13.2 Å². The maximum atomic E-state index is 13.3. The predicted molar refractivity (Wildman–Crippen MR) is 96.3 cm³/mol. The minimum Gasteiger partial charge on any atom is -0.315 e. The summed E-state index contributed by atoms with van der Waals surface area (Å²) in [6.45, 7) is 2.85. The molecule has 1 fully saturated rings. The molecule has 2 aromatic rings. The number of benzene rings is 1. The molecule has 7 heteroatoms. The van der Waals surface area contributed by atoms with Crippen LogP contribution in [0.15, 0.2) is 24.3 Å². The summed E-state index contributed by atoms with van der Waals surface area (Å²) >= 11 is 0. The maximum absolute atomic E-state index is 13.3. The van der Waals surface area contributed by atoms with Gasteiger partial charge in [-0.05, 0) is 43.9 Å². The van der Waals surface area contributed by atoms with Crippen molar-refractivity contribution >= 4 is 0 Å². The number of aryl methyl sites for hydroxylation is 1. The van der Waals surface area contributed by atoms with E-state index in [1.165, 1.54) is 18.6 Å².